The number of amides is 1. The van der Waals surface area contributed by atoms with Gasteiger partial charge in [0.05, 0.1) is 13.5 Å². The van der Waals surface area contributed by atoms with E-state index in [4.69, 9.17) is 17.0 Å². The molecule has 0 atom stereocenters. The second kappa shape index (κ2) is 8.44. The van der Waals surface area contributed by atoms with Crippen molar-refractivity contribution in [2.75, 3.05) is 20.7 Å². The summed E-state index contributed by atoms with van der Waals surface area (Å²) < 4.78 is 29.9. The number of nitrogens with one attached hydrogen (secondary N) is 1. The molecule has 0 spiro atoms. The third-order valence-corrected chi connectivity index (χ3v) is 3.62. The molecule has 0 fully saturated rings. The summed E-state index contributed by atoms with van der Waals surface area (Å²) in [5.41, 5.74) is 0.771. The third kappa shape index (κ3) is 4.78. The van der Waals surface area contributed by atoms with Crippen LogP contribution in [0.5, 0.6) is 5.75 Å². The molecule has 0 heterocycles. The Balaban J connectivity index is 3.06. The molecular formula is C13H17N3O4S2. The minimum Gasteiger partial charge on any atom is -0.494 e. The molecule has 1 rings (SSSR count). The molecule has 7 nitrogen and oxygen atoms in total. The highest BCUT2D eigenvalue weighted by Crippen LogP contribution is 2.28. The van der Waals surface area contributed by atoms with Crippen molar-refractivity contribution >= 4 is 39.4 Å². The Kier molecular flexibility index (Phi) is 6.93. The fraction of sp³-hybridized carbons (Fsp3) is 0.385. The van der Waals surface area contributed by atoms with Crippen LogP contribution in [0.2, 0.25) is 0 Å². The number of hydrogen-bond donors (Lipinski definition) is 1. The molecular weight excluding hydrogens is 326 g/mol. The summed E-state index contributed by atoms with van der Waals surface area (Å²) in [6.07, 6.45) is 0.0770. The molecule has 0 bridgehead atoms. The highest BCUT2D eigenvalue weighted by molar-refractivity contribution is 7.80. The largest absolute Gasteiger partial charge is 0.494 e. The topological polar surface area (TPSA) is 88.1 Å². The monoisotopic (exact) mass is 343 g/mol. The maximum atomic E-state index is 12.2. The highest BCUT2D eigenvalue weighted by Gasteiger charge is 2.16. The van der Waals surface area contributed by atoms with Crippen LogP contribution in [0.1, 0.15) is 12.5 Å². The summed E-state index contributed by atoms with van der Waals surface area (Å²) in [4.78, 5) is 13.7. The molecule has 0 unspecified atom stereocenters. The average molecular weight is 343 g/mol. The van der Waals surface area contributed by atoms with Gasteiger partial charge in [-0.25, -0.2) is 0 Å². The zero-order valence-corrected chi connectivity index (χ0v) is 14.1. The van der Waals surface area contributed by atoms with E-state index in [0.717, 1.165) is 0 Å². The van der Waals surface area contributed by atoms with Gasteiger partial charge in [0, 0.05) is 13.6 Å². The summed E-state index contributed by atoms with van der Waals surface area (Å²) in [7, 11) is 0.459. The molecule has 0 saturated carbocycles. The number of carbonyl (C=O) groups excluding carboxylic acids is 1. The zero-order chi connectivity index (χ0) is 16.7. The normalized spacial score (nSPS) is 9.77. The van der Waals surface area contributed by atoms with Gasteiger partial charge in [-0.3, -0.25) is 9.69 Å². The number of hydrogen-bond acceptors (Lipinski definition) is 6. The van der Waals surface area contributed by atoms with Crippen molar-refractivity contribution in [1.29, 1.82) is 0 Å². The van der Waals surface area contributed by atoms with E-state index in [1.54, 1.807) is 19.2 Å². The SMILES string of the molecule is CCN(C(=O)Cc1ccc(OC)c(N=S(=O)=O)c1)C(=S)NC. The van der Waals surface area contributed by atoms with Crippen LogP contribution in [0, 0.1) is 0 Å². The summed E-state index contributed by atoms with van der Waals surface area (Å²) in [5, 5.41) is 3.09. The summed E-state index contributed by atoms with van der Waals surface area (Å²) >= 11 is 5.06. The number of carbonyl (C=O) groups is 1. The van der Waals surface area contributed by atoms with Crippen LogP contribution < -0.4 is 10.1 Å². The number of methoxy groups -OCH3 is 1. The van der Waals surface area contributed by atoms with Gasteiger partial charge in [0.2, 0.25) is 5.91 Å². The Hall–Kier alpha value is -2.00. The number of benzene rings is 1. The molecule has 1 amide bonds. The predicted molar refractivity (Wildman–Crippen MR) is 86.8 cm³/mol. The minimum absolute atomic E-state index is 0.0770. The van der Waals surface area contributed by atoms with Crippen LogP contribution in [0.15, 0.2) is 22.6 Å². The van der Waals surface area contributed by atoms with Gasteiger partial charge in [-0.2, -0.15) is 8.42 Å². The first-order chi connectivity index (χ1) is 10.4. The average Bonchev–Trinajstić information content (AvgIpc) is 2.47. The number of ether oxygens (including phenoxy) is 1. The minimum atomic E-state index is -2.60. The van der Waals surface area contributed by atoms with Crippen molar-refractivity contribution < 1.29 is 17.9 Å². The predicted octanol–water partition coefficient (Wildman–Crippen LogP) is 1.28. The Labute approximate surface area is 136 Å². The fourth-order valence-corrected chi connectivity index (χ4v) is 2.37. The van der Waals surface area contributed by atoms with Gasteiger partial charge in [-0.15, -0.1) is 4.36 Å². The van der Waals surface area contributed by atoms with Crippen LogP contribution in [0.25, 0.3) is 0 Å². The quantitative estimate of drug-likeness (QED) is 0.811. The fourth-order valence-electron chi connectivity index (χ4n) is 1.84. The molecule has 0 aliphatic carbocycles. The van der Waals surface area contributed by atoms with Gasteiger partial charge < -0.3 is 10.1 Å². The van der Waals surface area contributed by atoms with E-state index in [2.05, 4.69) is 9.68 Å². The molecule has 1 aromatic carbocycles. The maximum Gasteiger partial charge on any atom is 0.316 e. The van der Waals surface area contributed by atoms with Crippen molar-refractivity contribution in [3.05, 3.63) is 23.8 Å². The van der Waals surface area contributed by atoms with Gasteiger partial charge in [0.1, 0.15) is 11.4 Å². The summed E-state index contributed by atoms with van der Waals surface area (Å²) in [5.74, 6) is 0.125. The lowest BCUT2D eigenvalue weighted by atomic mass is 10.1. The van der Waals surface area contributed by atoms with Crippen molar-refractivity contribution in [2.45, 2.75) is 13.3 Å². The molecule has 1 N–H and O–H groups in total. The molecule has 9 heteroatoms. The van der Waals surface area contributed by atoms with E-state index in [-0.39, 0.29) is 18.0 Å². The lowest BCUT2D eigenvalue weighted by Crippen LogP contribution is -2.42. The Morgan fingerprint density at radius 2 is 2.14 bits per heavy atom. The number of rotatable bonds is 5. The lowest BCUT2D eigenvalue weighted by Gasteiger charge is -2.21. The van der Waals surface area contributed by atoms with E-state index in [9.17, 15) is 13.2 Å². The molecule has 0 radical (unpaired) electrons. The summed E-state index contributed by atoms with van der Waals surface area (Å²) in [6.45, 7) is 2.26. The second-order valence-electron chi connectivity index (χ2n) is 4.18. The Morgan fingerprint density at radius 1 is 1.45 bits per heavy atom. The smallest absolute Gasteiger partial charge is 0.316 e. The molecule has 120 valence electrons. The number of likely N-dealkylation sites (N-methyl/N-ethyl adjacent to an activating group) is 1. The van der Waals surface area contributed by atoms with Gasteiger partial charge in [0.25, 0.3) is 0 Å². The first-order valence-corrected chi connectivity index (χ1v) is 7.87. The molecule has 0 aliphatic heterocycles. The number of nitrogens with zero attached hydrogens (tertiary/aromatic N) is 2. The molecule has 1 aromatic rings. The standard InChI is InChI=1S/C13H17N3O4S2/c1-4-16(13(21)14-2)12(17)8-9-5-6-11(20-3)10(7-9)15-22(18)19/h5-7H,4,8H2,1-3H3,(H,14,21). The zero-order valence-electron chi connectivity index (χ0n) is 12.5. The molecule has 0 saturated heterocycles. The molecule has 0 aliphatic rings. The van der Waals surface area contributed by atoms with Crippen molar-refractivity contribution in [2.24, 2.45) is 4.36 Å². The molecule has 22 heavy (non-hydrogen) atoms. The Morgan fingerprint density at radius 3 is 2.64 bits per heavy atom. The van der Waals surface area contributed by atoms with Crippen molar-refractivity contribution in [3.63, 3.8) is 0 Å². The van der Waals surface area contributed by atoms with Crippen molar-refractivity contribution in [1.82, 2.24) is 10.2 Å². The maximum absolute atomic E-state index is 12.2. The highest BCUT2D eigenvalue weighted by atomic mass is 32.2. The van der Waals surface area contributed by atoms with Crippen LogP contribution in [-0.4, -0.2) is 45.0 Å². The van der Waals surface area contributed by atoms with Gasteiger partial charge >= 0.3 is 10.5 Å². The molecule has 0 aromatic heterocycles. The van der Waals surface area contributed by atoms with Crippen molar-refractivity contribution in [3.8, 4) is 5.75 Å². The van der Waals surface area contributed by atoms with E-state index < -0.39 is 10.5 Å². The van der Waals surface area contributed by atoms with Crippen LogP contribution >= 0.6 is 12.2 Å². The van der Waals surface area contributed by atoms with Gasteiger partial charge in [0.15, 0.2) is 5.11 Å². The van der Waals surface area contributed by atoms with Gasteiger partial charge in [-0.05, 0) is 36.8 Å². The van der Waals surface area contributed by atoms with E-state index in [0.29, 0.717) is 23.0 Å². The van der Waals surface area contributed by atoms with Crippen LogP contribution in [0.3, 0.4) is 0 Å². The summed E-state index contributed by atoms with van der Waals surface area (Å²) in [6, 6.07) is 4.75. The van der Waals surface area contributed by atoms with E-state index in [1.165, 1.54) is 18.1 Å². The second-order valence-corrected chi connectivity index (χ2v) is 5.19. The van der Waals surface area contributed by atoms with E-state index >= 15 is 0 Å². The van der Waals surface area contributed by atoms with Crippen LogP contribution in [0.4, 0.5) is 5.69 Å². The van der Waals surface area contributed by atoms with Crippen LogP contribution in [-0.2, 0) is 21.7 Å². The number of thiocarbonyl (C=S) groups is 1. The first-order valence-electron chi connectivity index (χ1n) is 6.43. The van der Waals surface area contributed by atoms with Gasteiger partial charge in [-0.1, -0.05) is 6.07 Å². The Bertz CT molecular complexity index is 693. The third-order valence-electron chi connectivity index (χ3n) is 2.85. The lowest BCUT2D eigenvalue weighted by molar-refractivity contribution is -0.126. The van der Waals surface area contributed by atoms with E-state index in [1.807, 2.05) is 6.92 Å². The first kappa shape index (κ1) is 18.1.